The second-order valence-electron chi connectivity index (χ2n) is 1.93. The van der Waals surface area contributed by atoms with Crippen molar-refractivity contribution >= 4 is 12.3 Å². The molecule has 0 aromatic rings. The second-order valence-corrected chi connectivity index (χ2v) is 1.93. The molecule has 0 radical (unpaired) electrons. The first-order valence-electron chi connectivity index (χ1n) is 2.82. The van der Waals surface area contributed by atoms with Crippen LogP contribution in [-0.4, -0.2) is 24.9 Å². The highest BCUT2D eigenvalue weighted by Gasteiger charge is 2.15. The third-order valence-electron chi connectivity index (χ3n) is 1.22. The summed E-state index contributed by atoms with van der Waals surface area (Å²) in [5.74, 6) is 0. The number of nitrogens with one attached hydrogen (secondary N) is 2. The molecular weight excluding hydrogens is 120 g/mol. The Morgan fingerprint density at radius 1 is 1.67 bits per heavy atom. The van der Waals surface area contributed by atoms with E-state index >= 15 is 0 Å². The molecule has 1 aliphatic rings. The fraction of sp³-hybridized carbons (Fsp3) is 0.600. The van der Waals surface area contributed by atoms with Gasteiger partial charge in [0.15, 0.2) is 0 Å². The van der Waals surface area contributed by atoms with Crippen molar-refractivity contribution in [2.24, 2.45) is 0 Å². The van der Waals surface area contributed by atoms with E-state index in [1.165, 1.54) is 0 Å². The third-order valence-corrected chi connectivity index (χ3v) is 1.22. The van der Waals surface area contributed by atoms with Gasteiger partial charge < -0.3 is 15.4 Å². The molecule has 9 heavy (non-hydrogen) atoms. The second kappa shape index (κ2) is 2.48. The van der Waals surface area contributed by atoms with Crippen LogP contribution in [0.2, 0.25) is 0 Å². The van der Waals surface area contributed by atoms with E-state index < -0.39 is 0 Å². The molecule has 0 bridgehead atoms. The van der Waals surface area contributed by atoms with Crippen LogP contribution >= 0.6 is 0 Å². The molecule has 1 rings (SSSR count). The lowest BCUT2D eigenvalue weighted by Crippen LogP contribution is -2.49. The summed E-state index contributed by atoms with van der Waals surface area (Å²) in [6.45, 7) is 0.592. The zero-order chi connectivity index (χ0) is 6.69. The minimum Gasteiger partial charge on any atom is -0.338 e. The van der Waals surface area contributed by atoms with E-state index in [4.69, 9.17) is 0 Å². The molecule has 0 saturated carbocycles. The molecule has 2 amide bonds. The van der Waals surface area contributed by atoms with Crippen LogP contribution < -0.4 is 10.6 Å². The summed E-state index contributed by atoms with van der Waals surface area (Å²) in [4.78, 5) is 20.5. The molecule has 0 aromatic heterocycles. The highest BCUT2D eigenvalue weighted by atomic mass is 16.2. The summed E-state index contributed by atoms with van der Waals surface area (Å²) in [5.41, 5.74) is 0. The first-order chi connectivity index (χ1) is 4.33. The molecule has 1 fully saturated rings. The Balaban J connectivity index is 2.40. The Morgan fingerprint density at radius 2 is 2.44 bits per heavy atom. The number of aldehydes is 1. The average Bonchev–Trinajstić information content (AvgIpc) is 1.88. The number of rotatable bonds is 1. The molecule has 1 atom stereocenters. The van der Waals surface area contributed by atoms with Crippen molar-refractivity contribution in [2.75, 3.05) is 6.54 Å². The molecule has 1 saturated heterocycles. The van der Waals surface area contributed by atoms with Gasteiger partial charge in [-0.25, -0.2) is 4.79 Å². The maximum atomic E-state index is 10.5. The lowest BCUT2D eigenvalue weighted by molar-refractivity contribution is -0.109. The Labute approximate surface area is 52.6 Å². The fourth-order valence-corrected chi connectivity index (χ4v) is 0.735. The van der Waals surface area contributed by atoms with Gasteiger partial charge in [0, 0.05) is 6.54 Å². The number of carbonyl (C=O) groups is 2. The van der Waals surface area contributed by atoms with Crippen molar-refractivity contribution in [1.82, 2.24) is 10.6 Å². The zero-order valence-electron chi connectivity index (χ0n) is 4.89. The molecule has 4 nitrogen and oxygen atoms in total. The third kappa shape index (κ3) is 1.42. The van der Waals surface area contributed by atoms with E-state index in [9.17, 15) is 9.59 Å². The first-order valence-corrected chi connectivity index (χ1v) is 2.82. The van der Waals surface area contributed by atoms with Gasteiger partial charge in [-0.2, -0.15) is 0 Å². The maximum Gasteiger partial charge on any atom is 0.315 e. The van der Waals surface area contributed by atoms with E-state index in [0.29, 0.717) is 13.0 Å². The van der Waals surface area contributed by atoms with Crippen LogP contribution in [-0.2, 0) is 4.79 Å². The molecule has 2 N–H and O–H groups in total. The zero-order valence-corrected chi connectivity index (χ0v) is 4.89. The quantitative estimate of drug-likeness (QED) is 0.457. The van der Waals surface area contributed by atoms with Gasteiger partial charge in [-0.1, -0.05) is 0 Å². The predicted molar refractivity (Wildman–Crippen MR) is 31.0 cm³/mol. The van der Waals surface area contributed by atoms with Crippen LogP contribution in [0.25, 0.3) is 0 Å². The van der Waals surface area contributed by atoms with E-state index in [2.05, 4.69) is 10.6 Å². The van der Waals surface area contributed by atoms with Gasteiger partial charge in [0.2, 0.25) is 0 Å². The summed E-state index contributed by atoms with van der Waals surface area (Å²) < 4.78 is 0. The average molecular weight is 128 g/mol. The number of hydrogen-bond donors (Lipinski definition) is 2. The summed E-state index contributed by atoms with van der Waals surface area (Å²) >= 11 is 0. The number of amides is 2. The highest BCUT2D eigenvalue weighted by molar-refractivity contribution is 5.79. The van der Waals surface area contributed by atoms with Crippen LogP contribution in [0.4, 0.5) is 4.79 Å². The van der Waals surface area contributed by atoms with Gasteiger partial charge in [0.05, 0.1) is 6.04 Å². The van der Waals surface area contributed by atoms with Gasteiger partial charge in [-0.3, -0.25) is 0 Å². The minimum atomic E-state index is -0.279. The first kappa shape index (κ1) is 6.07. The Morgan fingerprint density at radius 3 is 2.89 bits per heavy atom. The van der Waals surface area contributed by atoms with E-state index in [0.717, 1.165) is 6.29 Å². The Kier molecular flexibility index (Phi) is 1.67. The standard InChI is InChI=1S/C5H8N2O2/c8-3-4-1-2-6-5(9)7-4/h3-4H,1-2H2,(H2,6,7,9). The van der Waals surface area contributed by atoms with Crippen molar-refractivity contribution in [2.45, 2.75) is 12.5 Å². The van der Waals surface area contributed by atoms with E-state index in [-0.39, 0.29) is 12.1 Å². The SMILES string of the molecule is O=CC1CCNC(=O)N1. The van der Waals surface area contributed by atoms with Gasteiger partial charge in [0.25, 0.3) is 0 Å². The maximum absolute atomic E-state index is 10.5. The molecule has 1 aliphatic heterocycles. The lowest BCUT2D eigenvalue weighted by Gasteiger charge is -2.18. The van der Waals surface area contributed by atoms with Gasteiger partial charge in [-0.05, 0) is 6.42 Å². The van der Waals surface area contributed by atoms with Gasteiger partial charge >= 0.3 is 6.03 Å². The number of carbonyl (C=O) groups excluding carboxylic acids is 2. The van der Waals surface area contributed by atoms with Crippen LogP contribution in [0.15, 0.2) is 0 Å². The van der Waals surface area contributed by atoms with Crippen molar-refractivity contribution in [1.29, 1.82) is 0 Å². The molecule has 1 heterocycles. The van der Waals surface area contributed by atoms with Crippen LogP contribution in [0, 0.1) is 0 Å². The minimum absolute atomic E-state index is 0.252. The molecule has 0 aliphatic carbocycles. The molecule has 50 valence electrons. The number of urea groups is 1. The van der Waals surface area contributed by atoms with Gasteiger partial charge in [-0.15, -0.1) is 0 Å². The monoisotopic (exact) mass is 128 g/mol. The van der Waals surface area contributed by atoms with Crippen molar-refractivity contribution in [3.63, 3.8) is 0 Å². The lowest BCUT2D eigenvalue weighted by atomic mass is 10.2. The summed E-state index contributed by atoms with van der Waals surface area (Å²) in [5, 5.41) is 4.99. The van der Waals surface area contributed by atoms with Crippen LogP contribution in [0.1, 0.15) is 6.42 Å². The Bertz CT molecular complexity index is 135. The van der Waals surface area contributed by atoms with Crippen molar-refractivity contribution in [3.8, 4) is 0 Å². The largest absolute Gasteiger partial charge is 0.338 e. The van der Waals surface area contributed by atoms with Crippen molar-refractivity contribution < 1.29 is 9.59 Å². The molecule has 0 spiro atoms. The van der Waals surface area contributed by atoms with Crippen molar-refractivity contribution in [3.05, 3.63) is 0 Å². The fourth-order valence-electron chi connectivity index (χ4n) is 0.735. The molecule has 0 aromatic carbocycles. The van der Waals surface area contributed by atoms with Crippen LogP contribution in [0.5, 0.6) is 0 Å². The van der Waals surface area contributed by atoms with Gasteiger partial charge in [0.1, 0.15) is 6.29 Å². The summed E-state index contributed by atoms with van der Waals surface area (Å²) in [7, 11) is 0. The molecular formula is C5H8N2O2. The molecule has 4 heteroatoms. The summed E-state index contributed by atoms with van der Waals surface area (Å²) in [6, 6.07) is -0.530. The van der Waals surface area contributed by atoms with Crippen LogP contribution in [0.3, 0.4) is 0 Å². The highest BCUT2D eigenvalue weighted by Crippen LogP contribution is 1.90. The predicted octanol–water partition coefficient (Wildman–Crippen LogP) is -0.743. The van der Waals surface area contributed by atoms with E-state index in [1.54, 1.807) is 0 Å². The topological polar surface area (TPSA) is 58.2 Å². The molecule has 1 unspecified atom stereocenters. The Hall–Kier alpha value is -1.06. The normalized spacial score (nSPS) is 26.2. The van der Waals surface area contributed by atoms with E-state index in [1.807, 2.05) is 0 Å². The summed E-state index contributed by atoms with van der Waals surface area (Å²) in [6.07, 6.45) is 1.44. The number of hydrogen-bond acceptors (Lipinski definition) is 2. The smallest absolute Gasteiger partial charge is 0.315 e.